The van der Waals surface area contributed by atoms with Gasteiger partial charge in [-0.15, -0.1) is 0 Å². The molecule has 0 bridgehead atoms. The van der Waals surface area contributed by atoms with Gasteiger partial charge in [0.1, 0.15) is 0 Å². The van der Waals surface area contributed by atoms with Crippen LogP contribution in [0.25, 0.3) is 0 Å². The molecule has 7 heavy (non-hydrogen) atoms. The molecule has 0 fully saturated rings. The average molecular weight is 112 g/mol. The normalized spacial score (nSPS) is 4.57. The zero-order valence-electron chi connectivity index (χ0n) is 3.76. The number of hydrogen-bond acceptors (Lipinski definition) is 3. The van der Waals surface area contributed by atoms with Gasteiger partial charge in [-0.3, -0.25) is 0 Å². The van der Waals surface area contributed by atoms with Crippen LogP contribution in [0.1, 0.15) is 0 Å². The Morgan fingerprint density at radius 1 is 1.71 bits per heavy atom. The molecule has 0 saturated heterocycles. The van der Waals surface area contributed by atoms with E-state index in [1.54, 1.807) is 0 Å². The molecule has 1 N–H and O–H groups in total. The summed E-state index contributed by atoms with van der Waals surface area (Å²) in [4.78, 5) is 9.14. The molecule has 0 heterocycles. The van der Waals surface area contributed by atoms with Crippen molar-refractivity contribution in [2.75, 3.05) is 0 Å². The van der Waals surface area contributed by atoms with E-state index in [1.165, 1.54) is 0 Å². The van der Waals surface area contributed by atoms with Gasteiger partial charge < -0.3 is 15.4 Å². The van der Waals surface area contributed by atoms with Gasteiger partial charge in [-0.2, -0.15) is 0 Å². The van der Waals surface area contributed by atoms with Crippen LogP contribution < -0.4 is 5.11 Å². The van der Waals surface area contributed by atoms with Gasteiger partial charge in [0.25, 0.3) is 0 Å². The number of carbonyl (C=O) groups is 1. The molecule has 0 aromatic carbocycles. The Balaban J connectivity index is -0.0000000800. The summed E-state index contributed by atoms with van der Waals surface area (Å²) in [5.74, 6) is -1.23. The molecule has 0 aromatic rings. The first-order chi connectivity index (χ1) is 2.27. The third-order valence-electron chi connectivity index (χ3n) is 0.167. The summed E-state index contributed by atoms with van der Waals surface area (Å²) in [5.41, 5.74) is 0. The smallest absolute Gasteiger partial charge is 0.870 e. The maximum atomic E-state index is 9.14. The van der Waals surface area contributed by atoms with Crippen molar-refractivity contribution < 1.29 is 15.4 Å². The molecule has 0 amide bonds. The first kappa shape index (κ1) is 15.8. The zero-order valence-corrected chi connectivity index (χ0v) is 5.17. The van der Waals surface area contributed by atoms with E-state index in [-0.39, 0.29) is 28.5 Å². The largest absolute Gasteiger partial charge is 2.00 e. The third kappa shape index (κ3) is 24.5. The van der Waals surface area contributed by atoms with Crippen molar-refractivity contribution in [3.63, 3.8) is 0 Å². The van der Waals surface area contributed by atoms with Gasteiger partial charge in [0, 0.05) is 0 Å². The van der Waals surface area contributed by atoms with Crippen molar-refractivity contribution in [3.8, 4) is 0 Å². The van der Waals surface area contributed by atoms with Gasteiger partial charge in [0.2, 0.25) is 0 Å². The van der Waals surface area contributed by atoms with Crippen molar-refractivity contribution in [2.24, 2.45) is 0 Å². The second-order valence-electron chi connectivity index (χ2n) is 0.523. The van der Waals surface area contributed by atoms with Crippen LogP contribution in [0.15, 0.2) is 12.7 Å². The molecule has 0 aliphatic rings. The second-order valence-corrected chi connectivity index (χ2v) is 0.523. The number of carboxylic acids is 1. The molecule has 3 nitrogen and oxygen atoms in total. The molecule has 0 aliphatic heterocycles. The van der Waals surface area contributed by atoms with E-state index in [0.717, 1.165) is 6.08 Å². The molecule has 0 aromatic heterocycles. The van der Waals surface area contributed by atoms with Crippen molar-refractivity contribution in [3.05, 3.63) is 12.7 Å². The Bertz CT molecular complexity index is 61.2. The summed E-state index contributed by atoms with van der Waals surface area (Å²) in [7, 11) is 0. The summed E-state index contributed by atoms with van der Waals surface area (Å²) in [5, 5.41) is 9.14. The molecule has 0 spiro atoms. The van der Waals surface area contributed by atoms with E-state index < -0.39 is 5.97 Å². The molecule has 0 unspecified atom stereocenters. The van der Waals surface area contributed by atoms with Crippen LogP contribution in [-0.2, 0) is 4.79 Å². The molecule has 4 heteroatoms. The summed E-state index contributed by atoms with van der Waals surface area (Å²) in [6.45, 7) is 2.90. The van der Waals surface area contributed by atoms with Crippen molar-refractivity contribution in [2.45, 2.75) is 0 Å². The molecule has 0 atom stereocenters. The van der Waals surface area contributed by atoms with E-state index in [1.807, 2.05) is 0 Å². The van der Waals surface area contributed by atoms with Crippen LogP contribution in [0, 0.1) is 0 Å². The van der Waals surface area contributed by atoms with Crippen LogP contribution in [0.4, 0.5) is 0 Å². The molecule has 0 radical (unpaired) electrons. The molecule has 36 valence electrons. The average Bonchev–Trinajstić information content (AvgIpc) is 1.38. The van der Waals surface area contributed by atoms with Crippen LogP contribution in [0.5, 0.6) is 0 Å². The van der Waals surface area contributed by atoms with E-state index in [9.17, 15) is 0 Å². The molecular formula is C3H4MgO3. The predicted molar refractivity (Wildman–Crippen MR) is 22.9 cm³/mol. The van der Waals surface area contributed by atoms with Gasteiger partial charge in [-0.25, -0.2) is 0 Å². The number of aliphatic carboxylic acids is 1. The number of rotatable bonds is 1. The summed E-state index contributed by atoms with van der Waals surface area (Å²) in [6.07, 6.45) is 0.722. The van der Waals surface area contributed by atoms with Crippen molar-refractivity contribution in [1.29, 1.82) is 0 Å². The monoisotopic (exact) mass is 112 g/mol. The van der Waals surface area contributed by atoms with Gasteiger partial charge in [0.05, 0.1) is 5.97 Å². The Morgan fingerprint density at radius 3 is 1.86 bits per heavy atom. The summed E-state index contributed by atoms with van der Waals surface area (Å²) < 4.78 is 0. The molecular weight excluding hydrogens is 108 g/mol. The van der Waals surface area contributed by atoms with E-state index in [4.69, 9.17) is 9.90 Å². The second kappa shape index (κ2) is 9.34. The van der Waals surface area contributed by atoms with Crippen LogP contribution in [0.2, 0.25) is 0 Å². The van der Waals surface area contributed by atoms with Gasteiger partial charge in [0.15, 0.2) is 0 Å². The van der Waals surface area contributed by atoms with Crippen LogP contribution in [-0.4, -0.2) is 34.5 Å². The topological polar surface area (TPSA) is 70.1 Å². The van der Waals surface area contributed by atoms with Gasteiger partial charge in [-0.1, -0.05) is 6.58 Å². The van der Waals surface area contributed by atoms with E-state index in [2.05, 4.69) is 6.58 Å². The minimum atomic E-state index is -1.23. The molecule has 0 rings (SSSR count). The fraction of sp³-hybridized carbons (Fsp3) is 0. The standard InChI is InChI=1S/C3H4O2.Mg.H2O/c1-2-3(4)5;;/h2H,1H2,(H,4,5);;1H2/q;+2;/p-2. The summed E-state index contributed by atoms with van der Waals surface area (Å²) in [6, 6.07) is 0. The maximum absolute atomic E-state index is 9.14. The Labute approximate surface area is 57.5 Å². The van der Waals surface area contributed by atoms with Crippen molar-refractivity contribution >= 4 is 29.0 Å². The van der Waals surface area contributed by atoms with Crippen molar-refractivity contribution in [1.82, 2.24) is 0 Å². The first-order valence-corrected chi connectivity index (χ1v) is 1.11. The SMILES string of the molecule is C=CC(=O)[O-].[Mg+2].[OH-]. The Hall–Kier alpha value is -0.0638. The maximum Gasteiger partial charge on any atom is 2.00 e. The summed E-state index contributed by atoms with van der Waals surface area (Å²) >= 11 is 0. The van der Waals surface area contributed by atoms with Crippen LogP contribution >= 0.6 is 0 Å². The predicted octanol–water partition coefficient (Wildman–Crippen LogP) is -1.64. The van der Waals surface area contributed by atoms with E-state index in [0.29, 0.717) is 0 Å². The number of hydrogen-bond donors (Lipinski definition) is 0. The molecule has 0 aliphatic carbocycles. The number of carboxylic acid groups (broad SMARTS) is 1. The minimum Gasteiger partial charge on any atom is -0.870 e. The van der Waals surface area contributed by atoms with Gasteiger partial charge >= 0.3 is 23.1 Å². The quantitative estimate of drug-likeness (QED) is 0.302. The number of carbonyl (C=O) groups excluding carboxylic acids is 1. The fourth-order valence-corrected chi connectivity index (χ4v) is 0. The Morgan fingerprint density at radius 2 is 1.86 bits per heavy atom. The fourth-order valence-electron chi connectivity index (χ4n) is 0. The third-order valence-corrected chi connectivity index (χ3v) is 0.167. The zero-order chi connectivity index (χ0) is 4.28. The first-order valence-electron chi connectivity index (χ1n) is 1.11. The van der Waals surface area contributed by atoms with Gasteiger partial charge in [-0.05, 0) is 6.08 Å². The Kier molecular flexibility index (Phi) is 21.0. The van der Waals surface area contributed by atoms with E-state index >= 15 is 0 Å². The minimum absolute atomic E-state index is 0. The molecule has 0 saturated carbocycles. The van der Waals surface area contributed by atoms with Crippen LogP contribution in [0.3, 0.4) is 0 Å².